The van der Waals surface area contributed by atoms with E-state index in [2.05, 4.69) is 10.4 Å². The zero-order valence-electron chi connectivity index (χ0n) is 13.7. The van der Waals surface area contributed by atoms with Gasteiger partial charge < -0.3 is 14.6 Å². The lowest BCUT2D eigenvalue weighted by Crippen LogP contribution is -2.27. The summed E-state index contributed by atoms with van der Waals surface area (Å²) in [6.45, 7) is 0.882. The second-order valence-corrected chi connectivity index (χ2v) is 9.90. The summed E-state index contributed by atoms with van der Waals surface area (Å²) in [5.74, 6) is 0. The van der Waals surface area contributed by atoms with Gasteiger partial charge in [0, 0.05) is 12.0 Å². The fourth-order valence-corrected chi connectivity index (χ4v) is 6.85. The third kappa shape index (κ3) is 7.03. The van der Waals surface area contributed by atoms with Crippen molar-refractivity contribution in [1.29, 1.82) is 0 Å². The van der Waals surface area contributed by atoms with Gasteiger partial charge in [-0.25, -0.2) is 0 Å². The smallest absolute Gasteiger partial charge is 0.355 e. The molecule has 0 fully saturated rings. The summed E-state index contributed by atoms with van der Waals surface area (Å²) < 4.78 is 23.6. The molecule has 0 saturated heterocycles. The highest BCUT2D eigenvalue weighted by atomic mass is 32.7. The molecule has 0 aliphatic heterocycles. The molecule has 23 heavy (non-hydrogen) atoms. The van der Waals surface area contributed by atoms with Crippen molar-refractivity contribution in [3.63, 3.8) is 0 Å². The second kappa shape index (κ2) is 10.6. The van der Waals surface area contributed by atoms with Crippen molar-refractivity contribution in [2.24, 2.45) is 0 Å². The first-order chi connectivity index (χ1) is 11.0. The molecular weight excluding hydrogens is 371 g/mol. The number of benzene rings is 1. The second-order valence-electron chi connectivity index (χ2n) is 4.36. The van der Waals surface area contributed by atoms with Crippen molar-refractivity contribution in [1.82, 2.24) is 5.09 Å². The van der Waals surface area contributed by atoms with Gasteiger partial charge in [-0.05, 0) is 55.3 Å². The third-order valence-electron chi connectivity index (χ3n) is 2.75. The van der Waals surface area contributed by atoms with Crippen LogP contribution in [0.25, 0.3) is 0 Å². The van der Waals surface area contributed by atoms with Crippen LogP contribution < -0.4 is 10.4 Å². The quantitative estimate of drug-likeness (QED) is 0.264. The zero-order chi connectivity index (χ0) is 17.3. The molecule has 0 amide bonds. The normalized spacial score (nSPS) is 14.8. The van der Waals surface area contributed by atoms with E-state index >= 15 is 0 Å². The summed E-state index contributed by atoms with van der Waals surface area (Å²) in [6, 6.07) is 7.78. The Labute approximate surface area is 151 Å². The molecule has 0 saturated carbocycles. The fraction of sp³-hybridized carbons (Fsp3) is 0.500. The molecule has 0 spiro atoms. The number of hydrogen-bond donors (Lipinski definition) is 2. The van der Waals surface area contributed by atoms with Crippen molar-refractivity contribution in [2.75, 3.05) is 25.3 Å². The molecule has 0 bridgehead atoms. The van der Waals surface area contributed by atoms with Gasteiger partial charge >= 0.3 is 6.72 Å². The van der Waals surface area contributed by atoms with Crippen LogP contribution >= 0.6 is 42.1 Å². The molecule has 130 valence electrons. The highest BCUT2D eigenvalue weighted by molar-refractivity contribution is 8.56. The van der Waals surface area contributed by atoms with Crippen LogP contribution in [0.15, 0.2) is 29.2 Å². The lowest BCUT2D eigenvalue weighted by molar-refractivity contribution is 0.171. The van der Waals surface area contributed by atoms with E-state index in [0.29, 0.717) is 6.61 Å². The Bertz CT molecular complexity index is 556. The van der Waals surface area contributed by atoms with Crippen molar-refractivity contribution in [3.05, 3.63) is 24.3 Å². The molecule has 2 unspecified atom stereocenters. The molecule has 9 heteroatoms. The van der Waals surface area contributed by atoms with Crippen molar-refractivity contribution in [3.8, 4) is 0 Å². The number of nitrogens with one attached hydrogen (secondary N) is 2. The summed E-state index contributed by atoms with van der Waals surface area (Å²) in [4.78, 5) is 1.05. The Morgan fingerprint density at radius 3 is 2.65 bits per heavy atom. The van der Waals surface area contributed by atoms with Gasteiger partial charge in [0.15, 0.2) is 5.11 Å². The largest absolute Gasteiger partial charge is 0.370 e. The molecule has 0 aliphatic carbocycles. The summed E-state index contributed by atoms with van der Waals surface area (Å²) in [7, 11) is 1.59. The van der Waals surface area contributed by atoms with E-state index < -0.39 is 6.72 Å². The van der Waals surface area contributed by atoms with E-state index in [0.717, 1.165) is 28.4 Å². The maximum atomic E-state index is 12.9. The van der Waals surface area contributed by atoms with Gasteiger partial charge in [-0.15, -0.1) is 11.8 Å². The lowest BCUT2D eigenvalue weighted by Gasteiger charge is -2.23. The molecule has 0 aliphatic rings. The first kappa shape index (κ1) is 20.8. The number of hydrogen-bond acceptors (Lipinski definition) is 6. The Kier molecular flexibility index (Phi) is 9.58. The summed E-state index contributed by atoms with van der Waals surface area (Å²) >= 11 is 8.03. The van der Waals surface area contributed by atoms with E-state index in [1.165, 1.54) is 0 Å². The Morgan fingerprint density at radius 2 is 2.09 bits per heavy atom. The predicted octanol–water partition coefficient (Wildman–Crippen LogP) is 4.96. The van der Waals surface area contributed by atoms with Crippen molar-refractivity contribution < 1.29 is 13.8 Å². The summed E-state index contributed by atoms with van der Waals surface area (Å²) in [5.41, 5.74) is 0.644. The first-order valence-corrected chi connectivity index (χ1v) is 11.9. The van der Waals surface area contributed by atoms with E-state index in [-0.39, 0.29) is 10.5 Å². The number of methoxy groups -OCH3 is 1. The monoisotopic (exact) mass is 394 g/mol. The van der Waals surface area contributed by atoms with Crippen LogP contribution in [0, 0.1) is 0 Å². The van der Waals surface area contributed by atoms with E-state index in [1.54, 1.807) is 25.8 Å². The zero-order valence-corrected chi connectivity index (χ0v) is 17.0. The van der Waals surface area contributed by atoms with Gasteiger partial charge in [0.1, 0.15) is 5.44 Å². The van der Waals surface area contributed by atoms with Gasteiger partial charge in [0.25, 0.3) is 0 Å². The molecule has 1 aromatic rings. The molecule has 0 heterocycles. The molecular formula is C14H23N2O3PS3. The maximum absolute atomic E-state index is 12.9. The lowest BCUT2D eigenvalue weighted by atomic mass is 10.3. The maximum Gasteiger partial charge on any atom is 0.355 e. The highest BCUT2D eigenvalue weighted by Gasteiger charge is 2.29. The molecule has 2 atom stereocenters. The Morgan fingerprint density at radius 1 is 1.39 bits per heavy atom. The number of para-hydroxylation sites is 1. The molecule has 2 N–H and O–H groups in total. The van der Waals surface area contributed by atoms with Crippen molar-refractivity contribution >= 4 is 52.9 Å². The van der Waals surface area contributed by atoms with Gasteiger partial charge in [0.05, 0.1) is 12.3 Å². The van der Waals surface area contributed by atoms with Crippen LogP contribution in [0.2, 0.25) is 0 Å². The van der Waals surface area contributed by atoms with E-state index in [9.17, 15) is 4.57 Å². The molecule has 5 nitrogen and oxygen atoms in total. The minimum absolute atomic E-state index is 0.221. The number of thioether (sulfide) groups is 1. The molecule has 0 radical (unpaired) electrons. The number of anilines is 1. The average Bonchev–Trinajstić information content (AvgIpc) is 2.53. The Balaban J connectivity index is 2.79. The van der Waals surface area contributed by atoms with Gasteiger partial charge in [0.2, 0.25) is 0 Å². The average molecular weight is 395 g/mol. The van der Waals surface area contributed by atoms with Crippen LogP contribution in [0.5, 0.6) is 0 Å². The fourth-order valence-electron chi connectivity index (χ4n) is 1.72. The Hall–Kier alpha value is -0.240. The van der Waals surface area contributed by atoms with Crippen LogP contribution in [0.4, 0.5) is 5.69 Å². The van der Waals surface area contributed by atoms with Crippen LogP contribution in [0.3, 0.4) is 0 Å². The first-order valence-electron chi connectivity index (χ1n) is 7.16. The number of ether oxygens (including phenoxy) is 1. The molecule has 1 rings (SSSR count). The van der Waals surface area contributed by atoms with Gasteiger partial charge in [-0.2, -0.15) is 0 Å². The minimum atomic E-state index is -3.19. The van der Waals surface area contributed by atoms with Crippen LogP contribution in [-0.4, -0.2) is 30.5 Å². The highest BCUT2D eigenvalue weighted by Crippen LogP contribution is 2.58. The van der Waals surface area contributed by atoms with Crippen LogP contribution in [0.1, 0.15) is 20.3 Å². The standard InChI is InChI=1S/C14H23N2O3PS3/c1-5-13(18-3)23-20(17,19-6-2)16-14(21)15-11-9-7-8-10-12(11)22-4/h7-10,13H,5-6H2,1-4H3,(H2,15,16,17,21). The predicted molar refractivity (Wildman–Crippen MR) is 105 cm³/mol. The molecule has 1 aromatic carbocycles. The van der Waals surface area contributed by atoms with E-state index in [4.69, 9.17) is 21.5 Å². The van der Waals surface area contributed by atoms with Gasteiger partial charge in [-0.1, -0.05) is 19.1 Å². The minimum Gasteiger partial charge on any atom is -0.370 e. The number of rotatable bonds is 9. The SMILES string of the molecule is CCOP(=O)(NC(=S)Nc1ccccc1SC)SC(CC)OC. The number of thiocarbonyl (C=S) groups is 1. The molecule has 0 aromatic heterocycles. The van der Waals surface area contributed by atoms with Crippen molar-refractivity contribution in [2.45, 2.75) is 30.6 Å². The topological polar surface area (TPSA) is 59.6 Å². The summed E-state index contributed by atoms with van der Waals surface area (Å²) in [6.07, 6.45) is 2.71. The van der Waals surface area contributed by atoms with Gasteiger partial charge in [-0.3, -0.25) is 9.65 Å². The summed E-state index contributed by atoms with van der Waals surface area (Å²) in [5, 5.41) is 6.16. The van der Waals surface area contributed by atoms with Crippen LogP contribution in [-0.2, 0) is 13.8 Å². The third-order valence-corrected chi connectivity index (χ3v) is 8.16. The van der Waals surface area contributed by atoms with E-state index in [1.807, 2.05) is 37.4 Å².